The highest BCUT2D eigenvalue weighted by Crippen LogP contribution is 2.24. The first kappa shape index (κ1) is 10.9. The zero-order valence-corrected chi connectivity index (χ0v) is 9.77. The van der Waals surface area contributed by atoms with E-state index >= 15 is 0 Å². The molecule has 0 spiro atoms. The van der Waals surface area contributed by atoms with Gasteiger partial charge in [-0.3, -0.25) is 4.68 Å². The highest BCUT2D eigenvalue weighted by atomic mass is 15.3. The summed E-state index contributed by atoms with van der Waals surface area (Å²) in [4.78, 5) is 0. The van der Waals surface area contributed by atoms with E-state index in [4.69, 9.17) is 5.73 Å². The molecule has 3 nitrogen and oxygen atoms in total. The second-order valence-electron chi connectivity index (χ2n) is 4.05. The summed E-state index contributed by atoms with van der Waals surface area (Å²) in [5, 5.41) is 4.29. The Labute approximate surface area is 95.9 Å². The Kier molecular flexibility index (Phi) is 3.06. The number of aromatic nitrogens is 2. The fourth-order valence-electron chi connectivity index (χ4n) is 1.87. The maximum absolute atomic E-state index is 5.57. The molecule has 2 rings (SSSR count). The predicted octanol–water partition coefficient (Wildman–Crippen LogP) is 2.13. The number of rotatable bonds is 3. The molecule has 0 aliphatic carbocycles. The van der Waals surface area contributed by atoms with Crippen LogP contribution in [-0.2, 0) is 6.54 Å². The lowest BCUT2D eigenvalue weighted by Crippen LogP contribution is -2.12. The number of hydrogen-bond acceptors (Lipinski definition) is 2. The molecule has 2 N–H and O–H groups in total. The van der Waals surface area contributed by atoms with Gasteiger partial charge in [0.15, 0.2) is 0 Å². The van der Waals surface area contributed by atoms with E-state index in [1.807, 2.05) is 16.9 Å². The van der Waals surface area contributed by atoms with Gasteiger partial charge < -0.3 is 5.73 Å². The highest BCUT2D eigenvalue weighted by Gasteiger charge is 2.07. The number of hydrogen-bond donors (Lipinski definition) is 1. The van der Waals surface area contributed by atoms with Crippen LogP contribution in [0.15, 0.2) is 30.5 Å². The van der Waals surface area contributed by atoms with Crippen molar-refractivity contribution in [1.82, 2.24) is 9.78 Å². The van der Waals surface area contributed by atoms with Crippen molar-refractivity contribution < 1.29 is 0 Å². The van der Waals surface area contributed by atoms with Crippen LogP contribution in [0.25, 0.3) is 11.3 Å². The minimum atomic E-state index is 0.611. The average molecular weight is 215 g/mol. The van der Waals surface area contributed by atoms with Gasteiger partial charge in [0.25, 0.3) is 0 Å². The normalized spacial score (nSPS) is 10.7. The van der Waals surface area contributed by atoms with E-state index < -0.39 is 0 Å². The monoisotopic (exact) mass is 215 g/mol. The van der Waals surface area contributed by atoms with Gasteiger partial charge in [0.05, 0.1) is 12.2 Å². The van der Waals surface area contributed by atoms with Crippen LogP contribution in [0.2, 0.25) is 0 Å². The summed E-state index contributed by atoms with van der Waals surface area (Å²) in [6, 6.07) is 8.50. The predicted molar refractivity (Wildman–Crippen MR) is 66.2 cm³/mol. The van der Waals surface area contributed by atoms with Crippen LogP contribution in [0.5, 0.6) is 0 Å². The number of benzene rings is 1. The van der Waals surface area contributed by atoms with Crippen LogP contribution in [0.4, 0.5) is 0 Å². The van der Waals surface area contributed by atoms with Crippen molar-refractivity contribution in [2.24, 2.45) is 5.73 Å². The van der Waals surface area contributed by atoms with E-state index in [1.165, 1.54) is 16.7 Å². The molecule has 0 radical (unpaired) electrons. The lowest BCUT2D eigenvalue weighted by atomic mass is 10.0. The van der Waals surface area contributed by atoms with Gasteiger partial charge in [-0.25, -0.2) is 0 Å². The van der Waals surface area contributed by atoms with Crippen LogP contribution >= 0.6 is 0 Å². The van der Waals surface area contributed by atoms with Crippen LogP contribution in [0, 0.1) is 13.8 Å². The summed E-state index contributed by atoms with van der Waals surface area (Å²) >= 11 is 0. The van der Waals surface area contributed by atoms with Crippen molar-refractivity contribution in [3.05, 3.63) is 41.6 Å². The molecule has 16 heavy (non-hydrogen) atoms. The van der Waals surface area contributed by atoms with E-state index in [0.717, 1.165) is 12.2 Å². The first-order valence-electron chi connectivity index (χ1n) is 5.52. The summed E-state index contributed by atoms with van der Waals surface area (Å²) in [7, 11) is 0. The first-order chi connectivity index (χ1) is 7.72. The molecule has 0 amide bonds. The molecule has 0 saturated carbocycles. The fourth-order valence-corrected chi connectivity index (χ4v) is 1.87. The third-order valence-electron chi connectivity index (χ3n) is 2.73. The molecule has 0 saturated heterocycles. The van der Waals surface area contributed by atoms with Gasteiger partial charge in [0.1, 0.15) is 0 Å². The minimum Gasteiger partial charge on any atom is -0.329 e. The Morgan fingerprint density at radius 3 is 2.81 bits per heavy atom. The molecule has 0 aliphatic heterocycles. The SMILES string of the molecule is Cc1ccc(C)c(-c2ccnn2CCN)c1. The summed E-state index contributed by atoms with van der Waals surface area (Å²) in [6.07, 6.45) is 1.83. The summed E-state index contributed by atoms with van der Waals surface area (Å²) in [6.45, 7) is 5.59. The van der Waals surface area contributed by atoms with Crippen molar-refractivity contribution in [3.8, 4) is 11.3 Å². The van der Waals surface area contributed by atoms with Gasteiger partial charge in [0, 0.05) is 18.3 Å². The Bertz CT molecular complexity index is 486. The van der Waals surface area contributed by atoms with E-state index in [0.29, 0.717) is 6.54 Å². The van der Waals surface area contributed by atoms with Crippen molar-refractivity contribution in [2.45, 2.75) is 20.4 Å². The maximum atomic E-state index is 5.57. The van der Waals surface area contributed by atoms with E-state index in [2.05, 4.69) is 37.1 Å². The molecule has 0 fully saturated rings. The van der Waals surface area contributed by atoms with Gasteiger partial charge in [-0.15, -0.1) is 0 Å². The maximum Gasteiger partial charge on any atom is 0.0685 e. The Morgan fingerprint density at radius 1 is 1.25 bits per heavy atom. The first-order valence-corrected chi connectivity index (χ1v) is 5.52. The lowest BCUT2D eigenvalue weighted by Gasteiger charge is -2.09. The third kappa shape index (κ3) is 1.99. The van der Waals surface area contributed by atoms with Crippen molar-refractivity contribution in [2.75, 3.05) is 6.54 Å². The van der Waals surface area contributed by atoms with Crippen molar-refractivity contribution in [1.29, 1.82) is 0 Å². The quantitative estimate of drug-likeness (QED) is 0.852. The zero-order chi connectivity index (χ0) is 11.5. The van der Waals surface area contributed by atoms with E-state index in [9.17, 15) is 0 Å². The molecule has 0 unspecified atom stereocenters. The number of nitrogens with two attached hydrogens (primary N) is 1. The average Bonchev–Trinajstić information content (AvgIpc) is 2.70. The highest BCUT2D eigenvalue weighted by molar-refractivity contribution is 5.64. The Hall–Kier alpha value is -1.61. The van der Waals surface area contributed by atoms with Crippen LogP contribution in [0.3, 0.4) is 0 Å². The number of aryl methyl sites for hydroxylation is 2. The zero-order valence-electron chi connectivity index (χ0n) is 9.77. The molecule has 1 aromatic carbocycles. The van der Waals surface area contributed by atoms with Gasteiger partial charge in [-0.05, 0) is 31.5 Å². The summed E-state index contributed by atoms with van der Waals surface area (Å²) < 4.78 is 1.96. The molecule has 0 atom stereocenters. The third-order valence-corrected chi connectivity index (χ3v) is 2.73. The van der Waals surface area contributed by atoms with Crippen LogP contribution < -0.4 is 5.73 Å². The second-order valence-corrected chi connectivity index (χ2v) is 4.05. The molecule has 84 valence electrons. The van der Waals surface area contributed by atoms with Crippen LogP contribution in [-0.4, -0.2) is 16.3 Å². The minimum absolute atomic E-state index is 0.611. The van der Waals surface area contributed by atoms with E-state index in [-0.39, 0.29) is 0 Å². The van der Waals surface area contributed by atoms with Gasteiger partial charge in [-0.2, -0.15) is 5.10 Å². The molecular weight excluding hydrogens is 198 g/mol. The van der Waals surface area contributed by atoms with E-state index in [1.54, 1.807) is 0 Å². The fraction of sp³-hybridized carbons (Fsp3) is 0.308. The van der Waals surface area contributed by atoms with Crippen LogP contribution in [0.1, 0.15) is 11.1 Å². The summed E-state index contributed by atoms with van der Waals surface area (Å²) in [5.41, 5.74) is 10.5. The largest absolute Gasteiger partial charge is 0.329 e. The van der Waals surface area contributed by atoms with Gasteiger partial charge in [-0.1, -0.05) is 17.7 Å². The molecule has 2 aromatic rings. The second kappa shape index (κ2) is 4.49. The van der Waals surface area contributed by atoms with Crippen molar-refractivity contribution >= 4 is 0 Å². The molecule has 0 aliphatic rings. The molecular formula is C13H17N3. The number of nitrogens with zero attached hydrogens (tertiary/aromatic N) is 2. The Balaban J connectivity index is 2.49. The molecule has 1 heterocycles. The van der Waals surface area contributed by atoms with Gasteiger partial charge >= 0.3 is 0 Å². The standard InChI is InChI=1S/C13H17N3/c1-10-3-4-11(2)12(9-10)13-5-7-15-16(13)8-6-14/h3-5,7,9H,6,8,14H2,1-2H3. The smallest absolute Gasteiger partial charge is 0.0685 e. The topological polar surface area (TPSA) is 43.8 Å². The summed E-state index contributed by atoms with van der Waals surface area (Å²) in [5.74, 6) is 0. The Morgan fingerprint density at radius 2 is 2.06 bits per heavy atom. The molecule has 3 heteroatoms. The van der Waals surface area contributed by atoms with Crippen molar-refractivity contribution in [3.63, 3.8) is 0 Å². The molecule has 1 aromatic heterocycles. The molecule has 0 bridgehead atoms. The lowest BCUT2D eigenvalue weighted by molar-refractivity contribution is 0.631. The van der Waals surface area contributed by atoms with Gasteiger partial charge in [0.2, 0.25) is 0 Å².